The molecule has 30 heavy (non-hydrogen) atoms. The molecule has 1 amide bonds. The number of nitrogens with zero attached hydrogens (tertiary/aromatic N) is 2. The van der Waals surface area contributed by atoms with Crippen LogP contribution in [-0.4, -0.2) is 18.2 Å². The Kier molecular flexibility index (Phi) is 5.46. The third kappa shape index (κ3) is 3.88. The Hall–Kier alpha value is -3.69. The fourth-order valence-electron chi connectivity index (χ4n) is 3.46. The Bertz CT molecular complexity index is 1290. The summed E-state index contributed by atoms with van der Waals surface area (Å²) in [4.78, 5) is 17.6. The van der Waals surface area contributed by atoms with E-state index in [1.165, 1.54) is 23.4 Å². The molecule has 4 aromatic rings. The van der Waals surface area contributed by atoms with E-state index in [0.29, 0.717) is 17.8 Å². The number of rotatable bonds is 4. The third-order valence-electron chi connectivity index (χ3n) is 4.95. The van der Waals surface area contributed by atoms with E-state index in [4.69, 9.17) is 0 Å². The number of anilines is 1. The number of benzene rings is 2. The Balaban J connectivity index is 1.71. The number of aromatic nitrogens is 1. The third-order valence-corrected chi connectivity index (χ3v) is 6.15. The van der Waals surface area contributed by atoms with Crippen LogP contribution in [0.4, 0.5) is 10.6 Å². The van der Waals surface area contributed by atoms with Crippen molar-refractivity contribution in [2.75, 3.05) is 12.4 Å². The predicted octanol–water partition coefficient (Wildman–Crippen LogP) is 5.91. The van der Waals surface area contributed by atoms with E-state index < -0.39 is 6.09 Å². The van der Waals surface area contributed by atoms with Gasteiger partial charge in [-0.3, -0.25) is 5.32 Å². The first-order valence-corrected chi connectivity index (χ1v) is 10.2. The normalized spacial score (nSPS) is 10.6. The SMILES string of the molecule is COC(=O)Nc1cc(-c2sc(C)c(Cc3ccc4ccccc4c3)c2C#N)ccn1. The van der Waals surface area contributed by atoms with Gasteiger partial charge in [0.25, 0.3) is 0 Å². The summed E-state index contributed by atoms with van der Waals surface area (Å²) in [6, 6.07) is 20.7. The lowest BCUT2D eigenvalue weighted by Crippen LogP contribution is -2.11. The van der Waals surface area contributed by atoms with Gasteiger partial charge in [-0.2, -0.15) is 5.26 Å². The lowest BCUT2D eigenvalue weighted by atomic mass is 9.97. The van der Waals surface area contributed by atoms with Crippen LogP contribution in [0.5, 0.6) is 0 Å². The van der Waals surface area contributed by atoms with Crippen LogP contribution >= 0.6 is 11.3 Å². The molecule has 0 aliphatic carbocycles. The van der Waals surface area contributed by atoms with E-state index in [0.717, 1.165) is 20.9 Å². The second-order valence-electron chi connectivity index (χ2n) is 6.86. The zero-order chi connectivity index (χ0) is 21.1. The minimum atomic E-state index is -0.584. The van der Waals surface area contributed by atoms with Gasteiger partial charge in [0, 0.05) is 11.1 Å². The topological polar surface area (TPSA) is 75.0 Å². The van der Waals surface area contributed by atoms with Crippen LogP contribution in [0.15, 0.2) is 60.8 Å². The standard InChI is InChI=1S/C24H19N3O2S/c1-15-20(12-16-7-8-17-5-3-4-6-18(17)11-16)21(14-25)23(30-15)19-9-10-26-22(13-19)27-24(28)29-2/h3-11,13H,12H2,1-2H3,(H,26,27,28). The maximum absolute atomic E-state index is 11.5. The number of aryl methyl sites for hydroxylation is 1. The molecule has 0 spiro atoms. The van der Waals surface area contributed by atoms with Gasteiger partial charge in [0.1, 0.15) is 11.9 Å². The molecule has 2 heterocycles. The van der Waals surface area contributed by atoms with Crippen molar-refractivity contribution in [2.24, 2.45) is 0 Å². The number of hydrogen-bond donors (Lipinski definition) is 1. The number of hydrogen-bond acceptors (Lipinski definition) is 5. The van der Waals surface area contributed by atoms with Gasteiger partial charge in [0.2, 0.25) is 0 Å². The highest BCUT2D eigenvalue weighted by Crippen LogP contribution is 2.38. The van der Waals surface area contributed by atoms with Gasteiger partial charge in [-0.1, -0.05) is 42.5 Å². The van der Waals surface area contributed by atoms with Crippen molar-refractivity contribution in [3.05, 3.63) is 82.4 Å². The van der Waals surface area contributed by atoms with E-state index in [-0.39, 0.29) is 0 Å². The zero-order valence-corrected chi connectivity index (χ0v) is 17.4. The van der Waals surface area contributed by atoms with Crippen LogP contribution in [0.2, 0.25) is 0 Å². The number of amides is 1. The van der Waals surface area contributed by atoms with Gasteiger partial charge in [-0.15, -0.1) is 11.3 Å². The molecule has 0 atom stereocenters. The summed E-state index contributed by atoms with van der Waals surface area (Å²) in [5.74, 6) is 0.380. The van der Waals surface area contributed by atoms with Crippen LogP contribution in [0.3, 0.4) is 0 Å². The molecule has 2 aromatic carbocycles. The van der Waals surface area contributed by atoms with Crippen molar-refractivity contribution < 1.29 is 9.53 Å². The first-order chi connectivity index (χ1) is 14.6. The monoisotopic (exact) mass is 413 g/mol. The summed E-state index contributed by atoms with van der Waals surface area (Å²) < 4.78 is 4.62. The molecule has 0 saturated carbocycles. The van der Waals surface area contributed by atoms with Crippen molar-refractivity contribution >= 4 is 34.0 Å². The van der Waals surface area contributed by atoms with Crippen molar-refractivity contribution in [1.29, 1.82) is 5.26 Å². The summed E-state index contributed by atoms with van der Waals surface area (Å²) >= 11 is 1.58. The first-order valence-electron chi connectivity index (χ1n) is 9.40. The highest BCUT2D eigenvalue weighted by molar-refractivity contribution is 7.15. The molecule has 6 heteroatoms. The largest absolute Gasteiger partial charge is 0.453 e. The Morgan fingerprint density at radius 1 is 1.17 bits per heavy atom. The number of ether oxygens (including phenoxy) is 1. The minimum absolute atomic E-state index is 0.380. The Morgan fingerprint density at radius 2 is 1.97 bits per heavy atom. The van der Waals surface area contributed by atoms with Gasteiger partial charge in [-0.05, 0) is 52.9 Å². The minimum Gasteiger partial charge on any atom is -0.453 e. The number of nitriles is 1. The van der Waals surface area contributed by atoms with Gasteiger partial charge >= 0.3 is 6.09 Å². The Morgan fingerprint density at radius 3 is 2.73 bits per heavy atom. The van der Waals surface area contributed by atoms with Gasteiger partial charge in [0.15, 0.2) is 0 Å². The predicted molar refractivity (Wildman–Crippen MR) is 120 cm³/mol. The van der Waals surface area contributed by atoms with Crippen molar-refractivity contribution in [1.82, 2.24) is 4.98 Å². The summed E-state index contributed by atoms with van der Waals surface area (Å²) in [6.45, 7) is 2.04. The highest BCUT2D eigenvalue weighted by atomic mass is 32.1. The Labute approximate surface area is 178 Å². The van der Waals surface area contributed by atoms with Crippen molar-refractivity contribution in [3.8, 4) is 16.5 Å². The maximum Gasteiger partial charge on any atom is 0.412 e. The molecule has 0 radical (unpaired) electrons. The average Bonchev–Trinajstić information content (AvgIpc) is 3.09. The molecule has 0 fully saturated rings. The molecule has 2 aromatic heterocycles. The van der Waals surface area contributed by atoms with Gasteiger partial charge < -0.3 is 4.74 Å². The van der Waals surface area contributed by atoms with Crippen LogP contribution in [-0.2, 0) is 11.2 Å². The second kappa shape index (κ2) is 8.36. The summed E-state index contributed by atoms with van der Waals surface area (Å²) in [5, 5.41) is 14.9. The highest BCUT2D eigenvalue weighted by Gasteiger charge is 2.18. The van der Waals surface area contributed by atoms with Crippen LogP contribution < -0.4 is 5.32 Å². The van der Waals surface area contributed by atoms with Crippen molar-refractivity contribution in [3.63, 3.8) is 0 Å². The quantitative estimate of drug-likeness (QED) is 0.451. The van der Waals surface area contributed by atoms with E-state index >= 15 is 0 Å². The number of fused-ring (bicyclic) bond motifs is 1. The van der Waals surface area contributed by atoms with Gasteiger partial charge in [-0.25, -0.2) is 9.78 Å². The van der Waals surface area contributed by atoms with E-state index in [2.05, 4.69) is 51.4 Å². The average molecular weight is 414 g/mol. The molecule has 0 bridgehead atoms. The lowest BCUT2D eigenvalue weighted by Gasteiger charge is -2.06. The fourth-order valence-corrected chi connectivity index (χ4v) is 4.58. The first kappa shape index (κ1) is 19.6. The van der Waals surface area contributed by atoms with E-state index in [1.807, 2.05) is 25.1 Å². The number of carbonyl (C=O) groups excluding carboxylic acids is 1. The number of methoxy groups -OCH3 is 1. The fraction of sp³-hybridized carbons (Fsp3) is 0.125. The number of nitrogens with one attached hydrogen (secondary N) is 1. The molecule has 0 aliphatic rings. The molecule has 0 saturated heterocycles. The molecule has 5 nitrogen and oxygen atoms in total. The van der Waals surface area contributed by atoms with E-state index in [9.17, 15) is 10.1 Å². The second-order valence-corrected chi connectivity index (χ2v) is 8.08. The van der Waals surface area contributed by atoms with E-state index in [1.54, 1.807) is 23.6 Å². The van der Waals surface area contributed by atoms with Crippen molar-refractivity contribution in [2.45, 2.75) is 13.3 Å². The molecule has 0 unspecified atom stereocenters. The number of carbonyl (C=O) groups is 1. The molecular weight excluding hydrogens is 394 g/mol. The summed E-state index contributed by atoms with van der Waals surface area (Å²) in [6.07, 6.45) is 1.72. The van der Waals surface area contributed by atoms with Gasteiger partial charge in [0.05, 0.1) is 17.6 Å². The van der Waals surface area contributed by atoms with Crippen LogP contribution in [0, 0.1) is 18.3 Å². The zero-order valence-electron chi connectivity index (χ0n) is 16.6. The molecule has 1 N–H and O–H groups in total. The number of pyridine rings is 1. The maximum atomic E-state index is 11.5. The van der Waals surface area contributed by atoms with Crippen LogP contribution in [0.25, 0.3) is 21.2 Å². The molecule has 148 valence electrons. The summed E-state index contributed by atoms with van der Waals surface area (Å²) in [7, 11) is 1.30. The smallest absolute Gasteiger partial charge is 0.412 e. The van der Waals surface area contributed by atoms with Crippen LogP contribution in [0.1, 0.15) is 21.6 Å². The lowest BCUT2D eigenvalue weighted by molar-refractivity contribution is 0.187. The molecule has 0 aliphatic heterocycles. The summed E-state index contributed by atoms with van der Waals surface area (Å²) in [5.41, 5.74) is 3.71. The molecule has 4 rings (SSSR count). The molecular formula is C24H19N3O2S. The number of thiophene rings is 1.